The third-order valence-electron chi connectivity index (χ3n) is 3.05. The molecule has 1 aromatic carbocycles. The summed E-state index contributed by atoms with van der Waals surface area (Å²) in [5.41, 5.74) is 7.46. The van der Waals surface area contributed by atoms with Gasteiger partial charge in [-0.25, -0.2) is 0 Å². The van der Waals surface area contributed by atoms with Crippen molar-refractivity contribution in [3.63, 3.8) is 0 Å². The highest BCUT2D eigenvalue weighted by molar-refractivity contribution is 5.61. The average Bonchev–Trinajstić information content (AvgIpc) is 2.84. The molecule has 0 bridgehead atoms. The van der Waals surface area contributed by atoms with Crippen LogP contribution in [-0.2, 0) is 4.74 Å². The summed E-state index contributed by atoms with van der Waals surface area (Å²) < 4.78 is 10.7. The van der Waals surface area contributed by atoms with Crippen LogP contribution in [0.3, 0.4) is 0 Å². The Morgan fingerprint density at radius 2 is 2.41 bits per heavy atom. The van der Waals surface area contributed by atoms with Gasteiger partial charge in [0.2, 0.25) is 0 Å². The van der Waals surface area contributed by atoms with Gasteiger partial charge in [0.05, 0.1) is 18.9 Å². The zero-order valence-electron chi connectivity index (χ0n) is 10.2. The molecule has 1 atom stereocenters. The minimum absolute atomic E-state index is 0.429. The normalized spacial score (nSPS) is 19.2. The molecule has 2 rings (SSSR count). The Kier molecular flexibility index (Phi) is 4.09. The first-order valence-electron chi connectivity index (χ1n) is 6.08. The van der Waals surface area contributed by atoms with E-state index in [1.54, 1.807) is 7.11 Å². The molecular formula is C13H20N2O2. The number of nitrogens with one attached hydrogen (secondary N) is 1. The molecule has 0 saturated carbocycles. The molecule has 0 aliphatic carbocycles. The number of methoxy groups -OCH3 is 1. The SMILES string of the molecule is COc1cc(NCCC2CCCO2)ccc1N. The van der Waals surface area contributed by atoms with E-state index >= 15 is 0 Å². The standard InChI is InChI=1S/C13H20N2O2/c1-16-13-9-10(4-5-12(13)14)15-7-6-11-3-2-8-17-11/h4-5,9,11,15H,2-3,6-8,14H2,1H3. The second kappa shape index (κ2) is 5.77. The minimum Gasteiger partial charge on any atom is -0.495 e. The van der Waals surface area contributed by atoms with Gasteiger partial charge in [0.1, 0.15) is 5.75 Å². The highest BCUT2D eigenvalue weighted by Crippen LogP contribution is 2.25. The topological polar surface area (TPSA) is 56.5 Å². The molecule has 0 aromatic heterocycles. The molecule has 1 saturated heterocycles. The van der Waals surface area contributed by atoms with E-state index in [9.17, 15) is 0 Å². The zero-order chi connectivity index (χ0) is 12.1. The first-order valence-corrected chi connectivity index (χ1v) is 6.08. The van der Waals surface area contributed by atoms with E-state index in [4.69, 9.17) is 15.2 Å². The van der Waals surface area contributed by atoms with E-state index in [-0.39, 0.29) is 0 Å². The summed E-state index contributed by atoms with van der Waals surface area (Å²) >= 11 is 0. The van der Waals surface area contributed by atoms with Crippen LogP contribution in [0.1, 0.15) is 19.3 Å². The maximum Gasteiger partial charge on any atom is 0.143 e. The smallest absolute Gasteiger partial charge is 0.143 e. The highest BCUT2D eigenvalue weighted by atomic mass is 16.5. The molecule has 0 spiro atoms. The van der Waals surface area contributed by atoms with Gasteiger partial charge in [0.15, 0.2) is 0 Å². The Morgan fingerprint density at radius 1 is 1.53 bits per heavy atom. The molecule has 1 aromatic rings. The lowest BCUT2D eigenvalue weighted by atomic mass is 10.2. The summed E-state index contributed by atoms with van der Waals surface area (Å²) in [4.78, 5) is 0. The lowest BCUT2D eigenvalue weighted by Gasteiger charge is -2.12. The molecule has 1 fully saturated rings. The van der Waals surface area contributed by atoms with E-state index < -0.39 is 0 Å². The van der Waals surface area contributed by atoms with Crippen LogP contribution in [0.25, 0.3) is 0 Å². The molecule has 1 heterocycles. The van der Waals surface area contributed by atoms with E-state index in [0.717, 1.165) is 25.3 Å². The number of hydrogen-bond donors (Lipinski definition) is 2. The predicted molar refractivity (Wildman–Crippen MR) is 69.5 cm³/mol. The number of benzene rings is 1. The number of anilines is 2. The Labute approximate surface area is 102 Å². The minimum atomic E-state index is 0.429. The number of nitrogen functional groups attached to an aromatic ring is 1. The van der Waals surface area contributed by atoms with Gasteiger partial charge in [-0.2, -0.15) is 0 Å². The zero-order valence-corrected chi connectivity index (χ0v) is 10.2. The molecule has 94 valence electrons. The first-order chi connectivity index (χ1) is 8.29. The molecular weight excluding hydrogens is 216 g/mol. The van der Waals surface area contributed by atoms with Crippen LogP contribution >= 0.6 is 0 Å². The summed E-state index contributed by atoms with van der Waals surface area (Å²) in [5.74, 6) is 0.715. The number of ether oxygens (including phenoxy) is 2. The monoisotopic (exact) mass is 236 g/mol. The second-order valence-corrected chi connectivity index (χ2v) is 4.31. The fraction of sp³-hybridized carbons (Fsp3) is 0.538. The van der Waals surface area contributed by atoms with Crippen molar-refractivity contribution in [2.24, 2.45) is 0 Å². The van der Waals surface area contributed by atoms with Crippen molar-refractivity contribution < 1.29 is 9.47 Å². The Bertz CT molecular complexity index is 362. The Hall–Kier alpha value is -1.42. The van der Waals surface area contributed by atoms with Gasteiger partial charge in [-0.3, -0.25) is 0 Å². The lowest BCUT2D eigenvalue weighted by molar-refractivity contribution is 0.107. The third-order valence-corrected chi connectivity index (χ3v) is 3.05. The van der Waals surface area contributed by atoms with Gasteiger partial charge in [-0.1, -0.05) is 0 Å². The van der Waals surface area contributed by atoms with Crippen molar-refractivity contribution in [1.82, 2.24) is 0 Å². The first kappa shape index (κ1) is 12.0. The van der Waals surface area contributed by atoms with Crippen LogP contribution in [-0.4, -0.2) is 26.4 Å². The number of nitrogens with two attached hydrogens (primary N) is 1. The van der Waals surface area contributed by atoms with Crippen molar-refractivity contribution in [3.05, 3.63) is 18.2 Å². The molecule has 4 heteroatoms. The number of hydrogen-bond acceptors (Lipinski definition) is 4. The lowest BCUT2D eigenvalue weighted by Crippen LogP contribution is -2.12. The van der Waals surface area contributed by atoms with E-state index in [1.165, 1.54) is 12.8 Å². The van der Waals surface area contributed by atoms with Crippen molar-refractivity contribution in [1.29, 1.82) is 0 Å². The van der Waals surface area contributed by atoms with Crippen LogP contribution in [0, 0.1) is 0 Å². The molecule has 17 heavy (non-hydrogen) atoms. The van der Waals surface area contributed by atoms with Gasteiger partial charge in [0, 0.05) is 24.9 Å². The van der Waals surface area contributed by atoms with Crippen molar-refractivity contribution in [2.75, 3.05) is 31.3 Å². The molecule has 1 aliphatic rings. The Morgan fingerprint density at radius 3 is 3.12 bits per heavy atom. The van der Waals surface area contributed by atoms with Crippen molar-refractivity contribution >= 4 is 11.4 Å². The third kappa shape index (κ3) is 3.27. The Balaban J connectivity index is 1.81. The van der Waals surface area contributed by atoms with E-state index in [2.05, 4.69) is 5.32 Å². The molecule has 1 unspecified atom stereocenters. The molecule has 0 amide bonds. The summed E-state index contributed by atoms with van der Waals surface area (Å²) in [6.45, 7) is 1.83. The predicted octanol–water partition coefficient (Wildman–Crippen LogP) is 2.26. The summed E-state index contributed by atoms with van der Waals surface area (Å²) in [7, 11) is 1.63. The maximum absolute atomic E-state index is 5.76. The van der Waals surface area contributed by atoms with Gasteiger partial charge < -0.3 is 20.5 Å². The highest BCUT2D eigenvalue weighted by Gasteiger charge is 2.14. The van der Waals surface area contributed by atoms with Crippen LogP contribution in [0.4, 0.5) is 11.4 Å². The van der Waals surface area contributed by atoms with E-state index in [0.29, 0.717) is 17.5 Å². The fourth-order valence-electron chi connectivity index (χ4n) is 2.07. The molecule has 4 nitrogen and oxygen atoms in total. The van der Waals surface area contributed by atoms with Crippen LogP contribution in [0.2, 0.25) is 0 Å². The summed E-state index contributed by atoms with van der Waals surface area (Å²) in [6.07, 6.45) is 3.86. The average molecular weight is 236 g/mol. The quantitative estimate of drug-likeness (QED) is 0.770. The molecule has 3 N–H and O–H groups in total. The summed E-state index contributed by atoms with van der Waals surface area (Å²) in [5, 5.41) is 3.36. The fourth-order valence-corrected chi connectivity index (χ4v) is 2.07. The van der Waals surface area contributed by atoms with Gasteiger partial charge in [-0.15, -0.1) is 0 Å². The van der Waals surface area contributed by atoms with Crippen molar-refractivity contribution in [2.45, 2.75) is 25.4 Å². The maximum atomic E-state index is 5.76. The van der Waals surface area contributed by atoms with E-state index in [1.807, 2.05) is 18.2 Å². The second-order valence-electron chi connectivity index (χ2n) is 4.31. The van der Waals surface area contributed by atoms with Gasteiger partial charge in [-0.05, 0) is 31.4 Å². The van der Waals surface area contributed by atoms with Crippen molar-refractivity contribution in [3.8, 4) is 5.75 Å². The molecule has 1 aliphatic heterocycles. The van der Waals surface area contributed by atoms with Crippen LogP contribution in [0.15, 0.2) is 18.2 Å². The largest absolute Gasteiger partial charge is 0.495 e. The molecule has 0 radical (unpaired) electrons. The number of rotatable bonds is 5. The van der Waals surface area contributed by atoms with Gasteiger partial charge in [0.25, 0.3) is 0 Å². The summed E-state index contributed by atoms with van der Waals surface area (Å²) in [6, 6.07) is 5.74. The van der Waals surface area contributed by atoms with Crippen LogP contribution in [0.5, 0.6) is 5.75 Å². The van der Waals surface area contributed by atoms with Crippen LogP contribution < -0.4 is 15.8 Å². The van der Waals surface area contributed by atoms with Gasteiger partial charge >= 0.3 is 0 Å².